The predicted octanol–water partition coefficient (Wildman–Crippen LogP) is 0.400. The molecule has 0 spiro atoms. The summed E-state index contributed by atoms with van der Waals surface area (Å²) in [5.41, 5.74) is 0. The molecule has 0 saturated carbocycles. The second kappa shape index (κ2) is 5.19. The van der Waals surface area contributed by atoms with Crippen LogP contribution in [0.3, 0.4) is 0 Å². The molecule has 2 N–H and O–H groups in total. The third-order valence-electron chi connectivity index (χ3n) is 2.13. The molecule has 3 unspecified atom stereocenters. The van der Waals surface area contributed by atoms with Crippen LogP contribution in [0.1, 0.15) is 0 Å². The van der Waals surface area contributed by atoms with Crippen LogP contribution in [0.5, 0.6) is 0 Å². The summed E-state index contributed by atoms with van der Waals surface area (Å²) in [5.74, 6) is 0. The lowest BCUT2D eigenvalue weighted by molar-refractivity contribution is -0.694. The zero-order valence-electron chi connectivity index (χ0n) is 8.93. The summed E-state index contributed by atoms with van der Waals surface area (Å²) >= 11 is 5.69. The van der Waals surface area contributed by atoms with Crippen molar-refractivity contribution < 1.29 is 28.4 Å². The third-order valence-corrected chi connectivity index (χ3v) is 6.70. The van der Waals surface area contributed by atoms with E-state index in [4.69, 9.17) is 16.5 Å². The molecule has 0 aromatic carbocycles. The summed E-state index contributed by atoms with van der Waals surface area (Å²) in [6.07, 6.45) is 2.89. The Bertz CT molecular complexity index is 474. The Morgan fingerprint density at radius 1 is 1.53 bits per heavy atom. The maximum atomic E-state index is 11.4. The van der Waals surface area contributed by atoms with Crippen molar-refractivity contribution in [2.45, 2.75) is 11.9 Å². The zero-order chi connectivity index (χ0) is 13.3. The van der Waals surface area contributed by atoms with E-state index in [1.807, 2.05) is 0 Å². The predicted molar refractivity (Wildman–Crippen MR) is 61.0 cm³/mol. The Morgan fingerprint density at radius 2 is 2.12 bits per heavy atom. The monoisotopic (exact) mass is 299 g/mol. The second-order valence-electron chi connectivity index (χ2n) is 3.71. The molecule has 0 fully saturated rings. The van der Waals surface area contributed by atoms with Crippen molar-refractivity contribution in [1.82, 2.24) is 0 Å². The highest BCUT2D eigenvalue weighted by molar-refractivity contribution is 7.72. The summed E-state index contributed by atoms with van der Waals surface area (Å²) in [7, 11) is -8.87. The fraction of sp³-hybridized carbons (Fsp3) is 0.375. The minimum absolute atomic E-state index is 0.331. The number of aromatic nitrogens is 1. The molecular formula is C8H12ClNO5P2. The molecule has 0 aliphatic carbocycles. The van der Waals surface area contributed by atoms with E-state index in [0.29, 0.717) is 5.02 Å². The van der Waals surface area contributed by atoms with Gasteiger partial charge >= 0.3 is 0 Å². The Hall–Kier alpha value is -0.220. The van der Waals surface area contributed by atoms with Crippen molar-refractivity contribution in [3.8, 4) is 0 Å². The van der Waals surface area contributed by atoms with Gasteiger partial charge in [0.05, 0.1) is 0 Å². The first-order valence-corrected chi connectivity index (χ1v) is 8.79. The standard InChI is InChI=1S/C8H12ClNO5P2/c1-16(11,12)8(17(13,14)15)6-10-4-2-3-7(9)5-10/h2-5,8H,6H2,1H3,(H2-,11,12,13,14,15). The number of pyridine rings is 1. The lowest BCUT2D eigenvalue weighted by Crippen LogP contribution is -2.40. The zero-order valence-corrected chi connectivity index (χ0v) is 11.5. The molecule has 1 rings (SSSR count). The quantitative estimate of drug-likeness (QED) is 0.619. The van der Waals surface area contributed by atoms with Gasteiger partial charge in [-0.2, -0.15) is 0 Å². The van der Waals surface area contributed by atoms with E-state index in [2.05, 4.69) is 0 Å². The lowest BCUT2D eigenvalue weighted by atomic mass is 10.5. The Labute approximate surface area is 103 Å². The fourth-order valence-corrected chi connectivity index (χ4v) is 4.57. The molecule has 0 amide bonds. The van der Waals surface area contributed by atoms with Crippen LogP contribution >= 0.6 is 26.6 Å². The minimum Gasteiger partial charge on any atom is -0.778 e. The Kier molecular flexibility index (Phi) is 4.53. The van der Waals surface area contributed by atoms with Gasteiger partial charge in [-0.1, -0.05) is 11.6 Å². The Balaban J connectivity index is 3.04. The van der Waals surface area contributed by atoms with Crippen molar-refractivity contribution in [2.75, 3.05) is 6.66 Å². The number of hydrogen-bond donors (Lipinski definition) is 2. The number of halogens is 1. The smallest absolute Gasteiger partial charge is 0.215 e. The molecular weight excluding hydrogens is 287 g/mol. The van der Waals surface area contributed by atoms with Gasteiger partial charge in [-0.25, -0.2) is 4.57 Å². The number of nitrogens with zero attached hydrogens (tertiary/aromatic N) is 1. The molecule has 0 bridgehead atoms. The van der Waals surface area contributed by atoms with Gasteiger partial charge < -0.3 is 19.2 Å². The van der Waals surface area contributed by atoms with Crippen molar-refractivity contribution in [2.24, 2.45) is 0 Å². The average Bonchev–Trinajstić information content (AvgIpc) is 2.10. The molecule has 1 aromatic heterocycles. The molecule has 96 valence electrons. The normalized spacial score (nSPS) is 20.3. The highest BCUT2D eigenvalue weighted by Gasteiger charge is 2.37. The van der Waals surface area contributed by atoms with Crippen LogP contribution < -0.4 is 9.46 Å². The average molecular weight is 300 g/mol. The molecule has 6 nitrogen and oxygen atoms in total. The van der Waals surface area contributed by atoms with Gasteiger partial charge in [-0.3, -0.25) is 4.57 Å². The van der Waals surface area contributed by atoms with E-state index in [-0.39, 0.29) is 6.54 Å². The third kappa shape index (κ3) is 4.51. The topological polar surface area (TPSA) is 102 Å². The molecule has 1 aromatic rings. The maximum Gasteiger partial charge on any atom is 0.215 e. The first-order valence-electron chi connectivity index (χ1n) is 4.59. The van der Waals surface area contributed by atoms with E-state index in [9.17, 15) is 18.9 Å². The van der Waals surface area contributed by atoms with Crippen LogP contribution in [0, 0.1) is 0 Å². The molecule has 1 heterocycles. The van der Waals surface area contributed by atoms with Crippen molar-refractivity contribution in [3.63, 3.8) is 0 Å². The van der Waals surface area contributed by atoms with Crippen molar-refractivity contribution >= 4 is 26.6 Å². The Morgan fingerprint density at radius 3 is 2.53 bits per heavy atom. The second-order valence-corrected chi connectivity index (χ2v) is 8.81. The van der Waals surface area contributed by atoms with Crippen molar-refractivity contribution in [1.29, 1.82) is 0 Å². The van der Waals surface area contributed by atoms with Gasteiger partial charge in [0, 0.05) is 12.7 Å². The van der Waals surface area contributed by atoms with Gasteiger partial charge in [-0.15, -0.1) is 0 Å². The molecule has 9 heteroatoms. The van der Waals surface area contributed by atoms with Crippen LogP contribution in [0.25, 0.3) is 0 Å². The SMILES string of the molecule is CP(=O)(O)C(C[n+]1cccc(Cl)c1)P(=O)([O-])O. The van der Waals surface area contributed by atoms with Gasteiger partial charge in [0.25, 0.3) is 0 Å². The molecule has 0 aliphatic heterocycles. The van der Waals surface area contributed by atoms with Crippen molar-refractivity contribution in [3.05, 3.63) is 29.5 Å². The summed E-state index contributed by atoms with van der Waals surface area (Å²) < 4.78 is 23.8. The van der Waals surface area contributed by atoms with Gasteiger partial charge in [-0.05, 0) is 6.07 Å². The lowest BCUT2D eigenvalue weighted by Gasteiger charge is -2.26. The van der Waals surface area contributed by atoms with Gasteiger partial charge in [0.2, 0.25) is 7.37 Å². The molecule has 0 saturated heterocycles. The molecule has 0 aliphatic rings. The van der Waals surface area contributed by atoms with E-state index >= 15 is 0 Å². The largest absolute Gasteiger partial charge is 0.778 e. The van der Waals surface area contributed by atoms with Crippen LogP contribution in [0.15, 0.2) is 24.5 Å². The summed E-state index contributed by atoms with van der Waals surface area (Å²) in [6.45, 7) is 0.561. The molecule has 3 atom stereocenters. The van der Waals surface area contributed by atoms with Gasteiger partial charge in [0.1, 0.15) is 5.02 Å². The van der Waals surface area contributed by atoms with Gasteiger partial charge in [0.15, 0.2) is 31.9 Å². The minimum atomic E-state index is -4.90. The van der Waals surface area contributed by atoms with Crippen LogP contribution in [-0.4, -0.2) is 21.9 Å². The first kappa shape index (κ1) is 14.8. The van der Waals surface area contributed by atoms with E-state index < -0.39 is 20.4 Å². The molecule has 17 heavy (non-hydrogen) atoms. The van der Waals surface area contributed by atoms with Crippen LogP contribution in [-0.2, 0) is 15.7 Å². The van der Waals surface area contributed by atoms with E-state index in [1.54, 1.807) is 12.1 Å². The maximum absolute atomic E-state index is 11.4. The molecule has 0 radical (unpaired) electrons. The summed E-state index contributed by atoms with van der Waals surface area (Å²) in [5, 5.41) is -1.38. The first-order chi connectivity index (χ1) is 7.60. The number of rotatable bonds is 4. The van der Waals surface area contributed by atoms with Crippen LogP contribution in [0.4, 0.5) is 0 Å². The summed E-state index contributed by atoms with van der Waals surface area (Å²) in [6, 6.07) is 3.14. The number of hydrogen-bond acceptors (Lipinski definition) is 3. The van der Waals surface area contributed by atoms with Crippen LogP contribution in [0.2, 0.25) is 5.02 Å². The highest BCUT2D eigenvalue weighted by Crippen LogP contribution is 2.57. The summed E-state index contributed by atoms with van der Waals surface area (Å²) in [4.78, 5) is 29.4. The van der Waals surface area contributed by atoms with E-state index in [1.165, 1.54) is 17.0 Å². The fourth-order valence-electron chi connectivity index (χ4n) is 1.32. The highest BCUT2D eigenvalue weighted by atomic mass is 35.5. The van der Waals surface area contributed by atoms with E-state index in [0.717, 1.165) is 6.66 Å².